The molecule has 0 aliphatic rings. The third-order valence-corrected chi connectivity index (χ3v) is 7.22. The standard InChI is InChI=1S/C30H31N3O2S/c1-5-19-33-27(20-35-26-17-11-23(6-2)12-18-26)31-32-30(33)36-29(25-15-9-22(4)10-16-25)28(34)24-13-7-21(3)8-14-24/h5,7-18,29H,1,6,19-20H2,2-4H3/t29-/m1/s1. The van der Waals surface area contributed by atoms with Crippen LogP contribution >= 0.6 is 11.8 Å². The van der Waals surface area contributed by atoms with Crippen molar-refractivity contribution in [1.82, 2.24) is 14.8 Å². The van der Waals surface area contributed by atoms with Crippen molar-refractivity contribution in [3.05, 3.63) is 119 Å². The van der Waals surface area contributed by atoms with Gasteiger partial charge >= 0.3 is 0 Å². The fourth-order valence-electron chi connectivity index (χ4n) is 3.78. The second-order valence-electron chi connectivity index (χ2n) is 8.72. The van der Waals surface area contributed by atoms with Gasteiger partial charge in [-0.2, -0.15) is 0 Å². The molecule has 1 atom stereocenters. The third kappa shape index (κ3) is 6.13. The predicted molar refractivity (Wildman–Crippen MR) is 146 cm³/mol. The normalized spacial score (nSPS) is 11.8. The summed E-state index contributed by atoms with van der Waals surface area (Å²) in [5.74, 6) is 1.50. The minimum Gasteiger partial charge on any atom is -0.486 e. The van der Waals surface area contributed by atoms with Gasteiger partial charge in [-0.25, -0.2) is 0 Å². The largest absolute Gasteiger partial charge is 0.486 e. The van der Waals surface area contributed by atoms with Gasteiger partial charge in [0.25, 0.3) is 0 Å². The van der Waals surface area contributed by atoms with E-state index in [1.165, 1.54) is 17.3 Å². The Bertz CT molecular complexity index is 1310. The molecule has 0 bridgehead atoms. The Balaban J connectivity index is 1.61. The molecule has 0 N–H and O–H groups in total. The van der Waals surface area contributed by atoms with Gasteiger partial charge in [-0.1, -0.05) is 96.6 Å². The molecule has 0 unspecified atom stereocenters. The highest BCUT2D eigenvalue weighted by Crippen LogP contribution is 2.37. The molecule has 3 aromatic carbocycles. The van der Waals surface area contributed by atoms with Crippen molar-refractivity contribution in [1.29, 1.82) is 0 Å². The van der Waals surface area contributed by atoms with Crippen LogP contribution in [-0.4, -0.2) is 20.5 Å². The minimum atomic E-state index is -0.462. The summed E-state index contributed by atoms with van der Waals surface area (Å²) in [5.41, 5.74) is 5.12. The Morgan fingerprint density at radius 2 is 1.61 bits per heavy atom. The van der Waals surface area contributed by atoms with Crippen molar-refractivity contribution in [2.45, 2.75) is 50.8 Å². The summed E-state index contributed by atoms with van der Waals surface area (Å²) >= 11 is 1.41. The number of ether oxygens (including phenoxy) is 1. The molecule has 0 fully saturated rings. The molecule has 0 amide bonds. The number of aromatic nitrogens is 3. The lowest BCUT2D eigenvalue weighted by Gasteiger charge is -2.17. The van der Waals surface area contributed by atoms with Gasteiger partial charge in [0.05, 0.1) is 0 Å². The summed E-state index contributed by atoms with van der Waals surface area (Å²) in [6, 6.07) is 23.8. The molecule has 36 heavy (non-hydrogen) atoms. The van der Waals surface area contributed by atoms with Crippen molar-refractivity contribution in [3.63, 3.8) is 0 Å². The molecule has 0 aliphatic heterocycles. The molecular weight excluding hydrogens is 466 g/mol. The average Bonchev–Trinajstić information content (AvgIpc) is 3.28. The SMILES string of the molecule is C=CCn1c(COc2ccc(CC)cc2)nnc1S[C@@H](C(=O)c1ccc(C)cc1)c1ccc(C)cc1. The van der Waals surface area contributed by atoms with Gasteiger partial charge in [0, 0.05) is 12.1 Å². The topological polar surface area (TPSA) is 57.0 Å². The van der Waals surface area contributed by atoms with E-state index in [1.54, 1.807) is 6.08 Å². The predicted octanol–water partition coefficient (Wildman–Crippen LogP) is 6.94. The number of rotatable bonds is 11. The Kier molecular flexibility index (Phi) is 8.39. The summed E-state index contributed by atoms with van der Waals surface area (Å²) in [5, 5.41) is 9.03. The third-order valence-electron chi connectivity index (χ3n) is 5.98. The Hall–Kier alpha value is -3.64. The van der Waals surface area contributed by atoms with Crippen molar-refractivity contribution in [3.8, 4) is 5.75 Å². The van der Waals surface area contributed by atoms with Crippen molar-refractivity contribution < 1.29 is 9.53 Å². The van der Waals surface area contributed by atoms with Gasteiger partial charge in [-0.05, 0) is 43.5 Å². The minimum absolute atomic E-state index is 0.0332. The molecule has 0 radical (unpaired) electrons. The van der Waals surface area contributed by atoms with Crippen LogP contribution in [0.15, 0.2) is 90.6 Å². The summed E-state index contributed by atoms with van der Waals surface area (Å²) < 4.78 is 7.95. The van der Waals surface area contributed by atoms with E-state index in [-0.39, 0.29) is 12.4 Å². The molecule has 1 aromatic heterocycles. The van der Waals surface area contributed by atoms with Gasteiger partial charge < -0.3 is 4.74 Å². The van der Waals surface area contributed by atoms with Crippen molar-refractivity contribution >= 4 is 17.5 Å². The number of Topliss-reactive ketones (excluding diaryl/α,β-unsaturated/α-hetero) is 1. The molecule has 4 aromatic rings. The number of nitrogens with zero attached hydrogens (tertiary/aromatic N) is 3. The van der Waals surface area contributed by atoms with Gasteiger partial charge in [0.2, 0.25) is 0 Å². The van der Waals surface area contributed by atoms with Crippen LogP contribution in [0.2, 0.25) is 0 Å². The van der Waals surface area contributed by atoms with Crippen LogP contribution in [0.25, 0.3) is 0 Å². The maximum atomic E-state index is 13.7. The van der Waals surface area contributed by atoms with Crippen LogP contribution in [0.3, 0.4) is 0 Å². The summed E-state index contributed by atoms with van der Waals surface area (Å²) in [6.45, 7) is 10.9. The molecule has 0 aliphatic carbocycles. The van der Waals surface area contributed by atoms with E-state index in [4.69, 9.17) is 4.74 Å². The van der Waals surface area contributed by atoms with Crippen LogP contribution in [0, 0.1) is 13.8 Å². The molecule has 4 rings (SSSR count). The molecule has 0 saturated carbocycles. The average molecular weight is 498 g/mol. The summed E-state index contributed by atoms with van der Waals surface area (Å²) in [7, 11) is 0. The highest BCUT2D eigenvalue weighted by Gasteiger charge is 2.26. The van der Waals surface area contributed by atoms with E-state index in [2.05, 4.69) is 35.8 Å². The fourth-order valence-corrected chi connectivity index (χ4v) is 4.93. The number of hydrogen-bond donors (Lipinski definition) is 0. The molecule has 1 heterocycles. The monoisotopic (exact) mass is 497 g/mol. The first kappa shape index (κ1) is 25.5. The number of ketones is 1. The first-order valence-corrected chi connectivity index (χ1v) is 12.9. The number of thioether (sulfide) groups is 1. The molecule has 0 spiro atoms. The maximum absolute atomic E-state index is 13.7. The lowest BCUT2D eigenvalue weighted by molar-refractivity contribution is 0.0989. The van der Waals surface area contributed by atoms with E-state index in [0.717, 1.165) is 28.9 Å². The second kappa shape index (κ2) is 11.9. The number of carbonyl (C=O) groups is 1. The van der Waals surface area contributed by atoms with Gasteiger partial charge in [-0.15, -0.1) is 16.8 Å². The Morgan fingerprint density at radius 1 is 0.972 bits per heavy atom. The zero-order chi connectivity index (χ0) is 25.5. The number of benzene rings is 3. The summed E-state index contributed by atoms with van der Waals surface area (Å²) in [6.07, 6.45) is 2.79. The van der Waals surface area contributed by atoms with E-state index < -0.39 is 5.25 Å². The zero-order valence-corrected chi connectivity index (χ0v) is 21.8. The quantitative estimate of drug-likeness (QED) is 0.128. The number of carbonyl (C=O) groups excluding carboxylic acids is 1. The highest BCUT2D eigenvalue weighted by atomic mass is 32.2. The zero-order valence-electron chi connectivity index (χ0n) is 21.0. The molecule has 6 heteroatoms. The van der Waals surface area contributed by atoms with Crippen LogP contribution in [-0.2, 0) is 19.6 Å². The number of allylic oxidation sites excluding steroid dienone is 1. The fraction of sp³-hybridized carbons (Fsp3) is 0.233. The lowest BCUT2D eigenvalue weighted by atomic mass is 10.0. The molecule has 0 saturated heterocycles. The molecule has 5 nitrogen and oxygen atoms in total. The van der Waals surface area contributed by atoms with E-state index in [1.807, 2.05) is 79.1 Å². The van der Waals surface area contributed by atoms with Crippen LogP contribution in [0.4, 0.5) is 0 Å². The van der Waals surface area contributed by atoms with E-state index in [9.17, 15) is 4.79 Å². The van der Waals surface area contributed by atoms with Crippen LogP contribution < -0.4 is 4.74 Å². The first-order chi connectivity index (χ1) is 17.5. The second-order valence-corrected chi connectivity index (χ2v) is 9.80. The smallest absolute Gasteiger partial charge is 0.192 e. The Morgan fingerprint density at radius 3 is 2.22 bits per heavy atom. The van der Waals surface area contributed by atoms with E-state index >= 15 is 0 Å². The maximum Gasteiger partial charge on any atom is 0.192 e. The van der Waals surface area contributed by atoms with Crippen LogP contribution in [0.1, 0.15) is 50.6 Å². The number of hydrogen-bond acceptors (Lipinski definition) is 5. The lowest BCUT2D eigenvalue weighted by Crippen LogP contribution is -2.12. The van der Waals surface area contributed by atoms with Gasteiger partial charge in [0.15, 0.2) is 16.8 Å². The number of aryl methyl sites for hydroxylation is 3. The summed E-state index contributed by atoms with van der Waals surface area (Å²) in [4.78, 5) is 13.7. The molecular formula is C30H31N3O2S. The van der Waals surface area contributed by atoms with Crippen molar-refractivity contribution in [2.75, 3.05) is 0 Å². The first-order valence-electron chi connectivity index (χ1n) is 12.1. The molecule has 184 valence electrons. The van der Waals surface area contributed by atoms with E-state index in [0.29, 0.717) is 23.1 Å². The van der Waals surface area contributed by atoms with Crippen molar-refractivity contribution in [2.24, 2.45) is 0 Å². The van der Waals surface area contributed by atoms with Gasteiger partial charge in [0.1, 0.15) is 17.6 Å². The Labute approximate surface area is 217 Å². The van der Waals surface area contributed by atoms with Gasteiger partial charge in [-0.3, -0.25) is 9.36 Å². The highest BCUT2D eigenvalue weighted by molar-refractivity contribution is 8.00. The van der Waals surface area contributed by atoms with Crippen LogP contribution in [0.5, 0.6) is 5.75 Å².